The van der Waals surface area contributed by atoms with Gasteiger partial charge in [0.15, 0.2) is 10.3 Å². The van der Waals surface area contributed by atoms with Crippen molar-refractivity contribution in [2.24, 2.45) is 0 Å². The molecule has 72 valence electrons. The lowest BCUT2D eigenvalue weighted by Gasteiger charge is -2.05. The molecule has 0 aromatic carbocycles. The fourth-order valence-corrected chi connectivity index (χ4v) is 1.07. The molecule has 0 amide bonds. The predicted octanol–water partition coefficient (Wildman–Crippen LogP) is 1.84. The van der Waals surface area contributed by atoms with Crippen LogP contribution in [0.25, 0.3) is 0 Å². The van der Waals surface area contributed by atoms with E-state index in [4.69, 9.17) is 27.9 Å². The summed E-state index contributed by atoms with van der Waals surface area (Å²) in [5.41, 5.74) is 0.665. The van der Waals surface area contributed by atoms with E-state index in [1.807, 2.05) is 0 Å². The Bertz CT molecular complexity index is 282. The molecular weight excluding hydrogens is 213 g/mol. The third-order valence-corrected chi connectivity index (χ3v) is 1.80. The molecule has 0 unspecified atom stereocenters. The summed E-state index contributed by atoms with van der Waals surface area (Å²) >= 11 is 11.4. The molecule has 4 nitrogen and oxygen atoms in total. The van der Waals surface area contributed by atoms with Crippen LogP contribution in [0.3, 0.4) is 0 Å². The van der Waals surface area contributed by atoms with Gasteiger partial charge in [-0.25, -0.2) is 0 Å². The fourth-order valence-electron chi connectivity index (χ4n) is 0.765. The zero-order chi connectivity index (χ0) is 9.68. The van der Waals surface area contributed by atoms with Gasteiger partial charge in [-0.3, -0.25) is 0 Å². The van der Waals surface area contributed by atoms with E-state index in [1.165, 1.54) is 0 Å². The Balaban J connectivity index is 2.59. The van der Waals surface area contributed by atoms with Gasteiger partial charge in [-0.05, 0) is 0 Å². The van der Waals surface area contributed by atoms with Crippen LogP contribution in [0.4, 0.5) is 5.69 Å². The minimum atomic E-state index is 0.306. The van der Waals surface area contributed by atoms with E-state index in [0.29, 0.717) is 29.1 Å². The van der Waals surface area contributed by atoms with Gasteiger partial charge in [-0.2, -0.15) is 0 Å². The van der Waals surface area contributed by atoms with E-state index in [2.05, 4.69) is 15.5 Å². The van der Waals surface area contributed by atoms with Gasteiger partial charge >= 0.3 is 0 Å². The zero-order valence-corrected chi connectivity index (χ0v) is 8.56. The van der Waals surface area contributed by atoms with Crippen molar-refractivity contribution >= 4 is 28.9 Å². The summed E-state index contributed by atoms with van der Waals surface area (Å²) in [7, 11) is 1.63. The molecule has 1 N–H and O–H groups in total. The first-order chi connectivity index (χ1) is 6.24. The first kappa shape index (κ1) is 10.5. The highest BCUT2D eigenvalue weighted by Crippen LogP contribution is 2.20. The molecule has 0 aliphatic heterocycles. The Morgan fingerprint density at radius 3 is 2.92 bits per heavy atom. The van der Waals surface area contributed by atoms with Crippen LogP contribution in [0.5, 0.6) is 0 Å². The van der Waals surface area contributed by atoms with Crippen LogP contribution >= 0.6 is 23.2 Å². The Morgan fingerprint density at radius 1 is 1.46 bits per heavy atom. The molecule has 0 atom stereocenters. The largest absolute Gasteiger partial charge is 0.383 e. The Labute approximate surface area is 86.2 Å². The van der Waals surface area contributed by atoms with Gasteiger partial charge < -0.3 is 10.1 Å². The SMILES string of the molecule is COCCNc1cc(Cl)nnc1Cl. The number of rotatable bonds is 4. The van der Waals surface area contributed by atoms with E-state index >= 15 is 0 Å². The van der Waals surface area contributed by atoms with Crippen molar-refractivity contribution in [3.63, 3.8) is 0 Å². The van der Waals surface area contributed by atoms with Crippen LogP contribution in [0.2, 0.25) is 10.3 Å². The van der Waals surface area contributed by atoms with Crippen LogP contribution in [-0.4, -0.2) is 30.5 Å². The molecular formula is C7H9Cl2N3O. The number of nitrogens with one attached hydrogen (secondary N) is 1. The molecule has 0 saturated carbocycles. The first-order valence-electron chi connectivity index (χ1n) is 3.65. The highest BCUT2D eigenvalue weighted by Gasteiger charge is 2.02. The summed E-state index contributed by atoms with van der Waals surface area (Å²) < 4.78 is 4.86. The number of hydrogen-bond acceptors (Lipinski definition) is 4. The van der Waals surface area contributed by atoms with Gasteiger partial charge in [0.05, 0.1) is 12.3 Å². The smallest absolute Gasteiger partial charge is 0.174 e. The van der Waals surface area contributed by atoms with E-state index < -0.39 is 0 Å². The Morgan fingerprint density at radius 2 is 2.23 bits per heavy atom. The molecule has 0 radical (unpaired) electrons. The molecule has 0 fully saturated rings. The summed E-state index contributed by atoms with van der Waals surface area (Å²) in [4.78, 5) is 0. The van der Waals surface area contributed by atoms with Crippen LogP contribution in [-0.2, 0) is 4.74 Å². The molecule has 1 rings (SSSR count). The number of hydrogen-bond donors (Lipinski definition) is 1. The second-order valence-electron chi connectivity index (χ2n) is 2.29. The van der Waals surface area contributed by atoms with Crippen molar-refractivity contribution in [2.45, 2.75) is 0 Å². The summed E-state index contributed by atoms with van der Waals surface area (Å²) in [6, 6.07) is 1.62. The van der Waals surface area contributed by atoms with E-state index in [1.54, 1.807) is 13.2 Å². The van der Waals surface area contributed by atoms with Gasteiger partial charge in [0, 0.05) is 19.7 Å². The van der Waals surface area contributed by atoms with Crippen molar-refractivity contribution in [2.75, 3.05) is 25.6 Å². The van der Waals surface area contributed by atoms with Crippen molar-refractivity contribution in [1.29, 1.82) is 0 Å². The number of methoxy groups -OCH3 is 1. The molecule has 1 aromatic heterocycles. The van der Waals surface area contributed by atoms with Gasteiger partial charge in [0.25, 0.3) is 0 Å². The monoisotopic (exact) mass is 221 g/mol. The molecule has 1 heterocycles. The number of anilines is 1. The van der Waals surface area contributed by atoms with Gasteiger partial charge in [-0.15, -0.1) is 10.2 Å². The lowest BCUT2D eigenvalue weighted by atomic mass is 10.4. The summed E-state index contributed by atoms with van der Waals surface area (Å²) in [6.07, 6.45) is 0. The molecule has 0 bridgehead atoms. The molecule has 0 saturated heterocycles. The average Bonchev–Trinajstić information content (AvgIpc) is 2.11. The van der Waals surface area contributed by atoms with E-state index in [9.17, 15) is 0 Å². The Hall–Kier alpha value is -0.580. The molecule has 13 heavy (non-hydrogen) atoms. The predicted molar refractivity (Wildman–Crippen MR) is 52.4 cm³/mol. The van der Waals surface area contributed by atoms with Crippen LogP contribution in [0.15, 0.2) is 6.07 Å². The average molecular weight is 222 g/mol. The second kappa shape index (κ2) is 5.21. The third-order valence-electron chi connectivity index (χ3n) is 1.34. The molecule has 0 aliphatic rings. The van der Waals surface area contributed by atoms with E-state index in [-0.39, 0.29) is 0 Å². The minimum Gasteiger partial charge on any atom is -0.383 e. The van der Waals surface area contributed by atoms with Crippen molar-refractivity contribution in [3.05, 3.63) is 16.4 Å². The first-order valence-corrected chi connectivity index (χ1v) is 4.41. The van der Waals surface area contributed by atoms with Crippen LogP contribution < -0.4 is 5.32 Å². The number of nitrogens with zero attached hydrogens (tertiary/aromatic N) is 2. The number of aromatic nitrogens is 2. The normalized spacial score (nSPS) is 10.1. The maximum Gasteiger partial charge on any atom is 0.174 e. The fraction of sp³-hybridized carbons (Fsp3) is 0.429. The van der Waals surface area contributed by atoms with Crippen LogP contribution in [0.1, 0.15) is 0 Å². The third kappa shape index (κ3) is 3.34. The number of ether oxygens (including phenoxy) is 1. The molecule has 0 spiro atoms. The standard InChI is InChI=1S/C7H9Cl2N3O/c1-13-3-2-10-5-4-6(8)11-12-7(5)9/h4H,2-3H2,1H3,(H,10,11). The topological polar surface area (TPSA) is 47.0 Å². The quantitative estimate of drug-likeness (QED) is 0.789. The number of halogens is 2. The van der Waals surface area contributed by atoms with Crippen molar-refractivity contribution < 1.29 is 4.74 Å². The Kier molecular flexibility index (Phi) is 4.21. The minimum absolute atomic E-state index is 0.306. The summed E-state index contributed by atoms with van der Waals surface area (Å²) in [5.74, 6) is 0. The molecule has 1 aromatic rings. The second-order valence-corrected chi connectivity index (χ2v) is 3.04. The van der Waals surface area contributed by atoms with Gasteiger partial charge in [0.2, 0.25) is 0 Å². The lowest BCUT2D eigenvalue weighted by Crippen LogP contribution is -2.08. The zero-order valence-electron chi connectivity index (χ0n) is 7.05. The van der Waals surface area contributed by atoms with Gasteiger partial charge in [0.1, 0.15) is 0 Å². The summed E-state index contributed by atoms with van der Waals surface area (Å²) in [6.45, 7) is 1.24. The summed E-state index contributed by atoms with van der Waals surface area (Å²) in [5, 5.41) is 10.8. The highest BCUT2D eigenvalue weighted by molar-refractivity contribution is 6.33. The highest BCUT2D eigenvalue weighted by atomic mass is 35.5. The molecule has 6 heteroatoms. The van der Waals surface area contributed by atoms with Gasteiger partial charge in [-0.1, -0.05) is 23.2 Å². The lowest BCUT2D eigenvalue weighted by molar-refractivity contribution is 0.211. The van der Waals surface area contributed by atoms with Crippen LogP contribution in [0, 0.1) is 0 Å². The maximum atomic E-state index is 5.74. The van der Waals surface area contributed by atoms with E-state index in [0.717, 1.165) is 0 Å². The van der Waals surface area contributed by atoms with Crippen molar-refractivity contribution in [3.8, 4) is 0 Å². The maximum absolute atomic E-state index is 5.74. The molecule has 0 aliphatic carbocycles. The van der Waals surface area contributed by atoms with Crippen molar-refractivity contribution in [1.82, 2.24) is 10.2 Å².